The van der Waals surface area contributed by atoms with Crippen LogP contribution in [0, 0.1) is 0 Å². The van der Waals surface area contributed by atoms with Crippen molar-refractivity contribution in [2.75, 3.05) is 26.7 Å². The van der Waals surface area contributed by atoms with Crippen molar-refractivity contribution in [3.8, 4) is 0 Å². The summed E-state index contributed by atoms with van der Waals surface area (Å²) in [5.41, 5.74) is 1.35. The molecule has 2 heterocycles. The average Bonchev–Trinajstić information content (AvgIpc) is 2.34. The fraction of sp³-hybridized carbons (Fsp3) is 0.643. The lowest BCUT2D eigenvalue weighted by molar-refractivity contribution is -0.0248. The van der Waals surface area contributed by atoms with Gasteiger partial charge >= 0.3 is 0 Å². The Labute approximate surface area is 109 Å². The van der Waals surface area contributed by atoms with Crippen LogP contribution in [0.1, 0.15) is 19.4 Å². The van der Waals surface area contributed by atoms with Crippen LogP contribution in [0.3, 0.4) is 0 Å². The molecule has 1 fully saturated rings. The highest BCUT2D eigenvalue weighted by atomic mass is 16.3. The number of hydrogen-bond donors (Lipinski definition) is 1. The molecule has 1 atom stereocenters. The molecule has 1 aromatic rings. The molecule has 18 heavy (non-hydrogen) atoms. The minimum absolute atomic E-state index is 0.147. The molecule has 0 aromatic carbocycles. The van der Waals surface area contributed by atoms with E-state index < -0.39 is 0 Å². The molecule has 1 N–H and O–H groups in total. The largest absolute Gasteiger partial charge is 0.395 e. The average molecular weight is 249 g/mol. The maximum absolute atomic E-state index is 9.54. The number of piperazine rings is 1. The number of aliphatic hydroxyl groups is 1. The molecule has 0 saturated carbocycles. The predicted octanol–water partition coefficient (Wildman–Crippen LogP) is 0.968. The van der Waals surface area contributed by atoms with Gasteiger partial charge in [0.25, 0.3) is 0 Å². The van der Waals surface area contributed by atoms with Gasteiger partial charge in [-0.05, 0) is 32.5 Å². The molecule has 0 spiro atoms. The third-order valence-corrected chi connectivity index (χ3v) is 3.94. The first-order chi connectivity index (χ1) is 8.53. The van der Waals surface area contributed by atoms with Crippen molar-refractivity contribution in [1.82, 2.24) is 14.8 Å². The summed E-state index contributed by atoms with van der Waals surface area (Å²) in [6.07, 6.45) is 3.70. The van der Waals surface area contributed by atoms with Gasteiger partial charge in [0.2, 0.25) is 0 Å². The molecule has 1 aliphatic heterocycles. The number of rotatable bonds is 3. The highest BCUT2D eigenvalue weighted by Crippen LogP contribution is 2.24. The number of pyridine rings is 1. The van der Waals surface area contributed by atoms with E-state index in [4.69, 9.17) is 0 Å². The van der Waals surface area contributed by atoms with E-state index in [1.54, 1.807) is 6.20 Å². The van der Waals surface area contributed by atoms with Crippen LogP contribution in [0.4, 0.5) is 0 Å². The number of likely N-dealkylation sites (N-methyl/N-ethyl adjacent to an activating group) is 1. The highest BCUT2D eigenvalue weighted by Gasteiger charge is 2.36. The van der Waals surface area contributed by atoms with Crippen LogP contribution in [0.25, 0.3) is 0 Å². The molecule has 1 unspecified atom stereocenters. The highest BCUT2D eigenvalue weighted by molar-refractivity contribution is 5.09. The summed E-state index contributed by atoms with van der Waals surface area (Å²) in [5, 5.41) is 9.54. The first-order valence-electron chi connectivity index (χ1n) is 6.48. The molecule has 1 aliphatic rings. The van der Waals surface area contributed by atoms with Gasteiger partial charge in [-0.25, -0.2) is 0 Å². The Balaban J connectivity index is 2.10. The first-order valence-corrected chi connectivity index (χ1v) is 6.48. The van der Waals surface area contributed by atoms with Gasteiger partial charge < -0.3 is 5.11 Å². The fourth-order valence-electron chi connectivity index (χ4n) is 2.51. The Morgan fingerprint density at radius 1 is 1.50 bits per heavy atom. The van der Waals surface area contributed by atoms with Gasteiger partial charge in [0.1, 0.15) is 0 Å². The number of nitrogens with zero attached hydrogens (tertiary/aromatic N) is 3. The van der Waals surface area contributed by atoms with Crippen LogP contribution < -0.4 is 0 Å². The zero-order valence-electron chi connectivity index (χ0n) is 11.5. The molecule has 0 radical (unpaired) electrons. The zero-order valence-corrected chi connectivity index (χ0v) is 11.5. The smallest absolute Gasteiger partial charge is 0.0599 e. The fourth-order valence-corrected chi connectivity index (χ4v) is 2.51. The third kappa shape index (κ3) is 2.88. The molecule has 0 bridgehead atoms. The summed E-state index contributed by atoms with van der Waals surface area (Å²) in [6.45, 7) is 7.43. The maximum Gasteiger partial charge on any atom is 0.0599 e. The first kappa shape index (κ1) is 13.5. The zero-order chi connectivity index (χ0) is 13.2. The van der Waals surface area contributed by atoms with Gasteiger partial charge in [0, 0.05) is 43.6 Å². The van der Waals surface area contributed by atoms with Crippen molar-refractivity contribution in [1.29, 1.82) is 0 Å². The Morgan fingerprint density at radius 2 is 2.28 bits per heavy atom. The van der Waals surface area contributed by atoms with Gasteiger partial charge in [-0.1, -0.05) is 6.07 Å². The molecule has 4 nitrogen and oxygen atoms in total. The van der Waals surface area contributed by atoms with E-state index in [9.17, 15) is 5.11 Å². The molecular formula is C14H23N3O. The van der Waals surface area contributed by atoms with Crippen molar-refractivity contribution < 1.29 is 5.11 Å². The van der Waals surface area contributed by atoms with Gasteiger partial charge in [-0.15, -0.1) is 0 Å². The lowest BCUT2D eigenvalue weighted by atomic mass is 9.96. The van der Waals surface area contributed by atoms with Gasteiger partial charge in [0.15, 0.2) is 0 Å². The second-order valence-corrected chi connectivity index (χ2v) is 5.80. The second-order valence-electron chi connectivity index (χ2n) is 5.80. The number of aromatic nitrogens is 1. The SMILES string of the molecule is CN1CC(CO)N(Cc2cccnc2)CC1(C)C. The second kappa shape index (κ2) is 5.34. The van der Waals surface area contributed by atoms with E-state index in [2.05, 4.69) is 41.7 Å². The van der Waals surface area contributed by atoms with E-state index in [1.807, 2.05) is 12.3 Å². The predicted molar refractivity (Wildman–Crippen MR) is 72.2 cm³/mol. The van der Waals surface area contributed by atoms with Crippen LogP contribution in [-0.2, 0) is 6.54 Å². The standard InChI is InChI=1S/C14H23N3O/c1-14(2)11-17(13(10-18)9-16(14)3)8-12-5-4-6-15-7-12/h4-7,13,18H,8-11H2,1-3H3. The van der Waals surface area contributed by atoms with E-state index in [0.29, 0.717) is 0 Å². The Kier molecular flexibility index (Phi) is 4.00. The number of hydrogen-bond acceptors (Lipinski definition) is 4. The Bertz CT molecular complexity index is 380. The topological polar surface area (TPSA) is 39.6 Å². The van der Waals surface area contributed by atoms with Crippen LogP contribution in [0.2, 0.25) is 0 Å². The number of aliphatic hydroxyl groups excluding tert-OH is 1. The Morgan fingerprint density at radius 3 is 2.89 bits per heavy atom. The van der Waals surface area contributed by atoms with Crippen molar-refractivity contribution in [2.45, 2.75) is 32.0 Å². The summed E-state index contributed by atoms with van der Waals surface area (Å²) in [7, 11) is 2.13. The minimum Gasteiger partial charge on any atom is -0.395 e. The minimum atomic E-state index is 0.147. The van der Waals surface area contributed by atoms with E-state index in [0.717, 1.165) is 19.6 Å². The van der Waals surface area contributed by atoms with Crippen molar-refractivity contribution in [3.63, 3.8) is 0 Å². The molecule has 1 aromatic heterocycles. The van der Waals surface area contributed by atoms with Crippen LogP contribution in [0.15, 0.2) is 24.5 Å². The molecular weight excluding hydrogens is 226 g/mol. The maximum atomic E-state index is 9.54. The summed E-state index contributed by atoms with van der Waals surface area (Å²) in [4.78, 5) is 8.84. The quantitative estimate of drug-likeness (QED) is 0.866. The van der Waals surface area contributed by atoms with E-state index >= 15 is 0 Å². The monoisotopic (exact) mass is 249 g/mol. The van der Waals surface area contributed by atoms with Gasteiger partial charge in [-0.2, -0.15) is 0 Å². The molecule has 0 aliphatic carbocycles. The van der Waals surface area contributed by atoms with Crippen molar-refractivity contribution in [2.24, 2.45) is 0 Å². The molecule has 1 saturated heterocycles. The van der Waals surface area contributed by atoms with Gasteiger partial charge in [0.05, 0.1) is 6.61 Å². The van der Waals surface area contributed by atoms with Crippen molar-refractivity contribution in [3.05, 3.63) is 30.1 Å². The van der Waals surface area contributed by atoms with Crippen molar-refractivity contribution >= 4 is 0 Å². The Hall–Kier alpha value is -0.970. The summed E-state index contributed by atoms with van der Waals surface area (Å²) in [5.74, 6) is 0. The normalized spacial score (nSPS) is 25.2. The van der Waals surface area contributed by atoms with E-state index in [1.165, 1.54) is 5.56 Å². The molecule has 2 rings (SSSR count). The lowest BCUT2D eigenvalue weighted by Gasteiger charge is -2.49. The van der Waals surface area contributed by atoms with Crippen LogP contribution in [-0.4, -0.2) is 58.2 Å². The molecule has 100 valence electrons. The van der Waals surface area contributed by atoms with Crippen LogP contribution in [0.5, 0.6) is 0 Å². The van der Waals surface area contributed by atoms with E-state index in [-0.39, 0.29) is 18.2 Å². The third-order valence-electron chi connectivity index (χ3n) is 3.94. The molecule has 0 amide bonds. The summed E-state index contributed by atoms with van der Waals surface area (Å²) in [6, 6.07) is 4.26. The lowest BCUT2D eigenvalue weighted by Crippen LogP contribution is -2.62. The summed E-state index contributed by atoms with van der Waals surface area (Å²) < 4.78 is 0. The van der Waals surface area contributed by atoms with Crippen LogP contribution >= 0.6 is 0 Å². The molecule has 4 heteroatoms. The van der Waals surface area contributed by atoms with Gasteiger partial charge in [-0.3, -0.25) is 14.8 Å². The summed E-state index contributed by atoms with van der Waals surface area (Å²) >= 11 is 0.